The highest BCUT2D eigenvalue weighted by molar-refractivity contribution is 5.76. The monoisotopic (exact) mass is 201 g/mol. The molecule has 1 aromatic carbocycles. The zero-order chi connectivity index (χ0) is 10.7. The number of nitrogens with zero attached hydrogens (tertiary/aromatic N) is 1. The van der Waals surface area contributed by atoms with Gasteiger partial charge in [-0.05, 0) is 17.7 Å². The number of allylic oxidation sites excluding steroid dienone is 1. The van der Waals surface area contributed by atoms with Crippen LogP contribution in [-0.2, 0) is 4.79 Å². The van der Waals surface area contributed by atoms with E-state index in [0.29, 0.717) is 12.3 Å². The smallest absolute Gasteiger partial charge is 0.192 e. The largest absolute Gasteiger partial charge is 0.441 e. The minimum absolute atomic E-state index is 0.440. The van der Waals surface area contributed by atoms with Crippen molar-refractivity contribution in [3.8, 4) is 0 Å². The molecule has 0 fully saturated rings. The van der Waals surface area contributed by atoms with Crippen molar-refractivity contribution in [1.82, 2.24) is 4.98 Å². The normalized spacial score (nSPS) is 11.3. The molecule has 0 atom stereocenters. The van der Waals surface area contributed by atoms with E-state index < -0.39 is 0 Å². The predicted molar refractivity (Wildman–Crippen MR) is 58.5 cm³/mol. The number of aldehydes is 1. The zero-order valence-corrected chi connectivity index (χ0v) is 8.43. The van der Waals surface area contributed by atoms with Crippen LogP contribution in [0.5, 0.6) is 0 Å². The first-order valence-corrected chi connectivity index (χ1v) is 4.77. The van der Waals surface area contributed by atoms with Gasteiger partial charge in [-0.1, -0.05) is 18.2 Å². The summed E-state index contributed by atoms with van der Waals surface area (Å²) in [5.74, 6) is 0.666. The van der Waals surface area contributed by atoms with E-state index in [4.69, 9.17) is 4.42 Å². The number of carbonyl (C=O) groups is 1. The number of aromatic nitrogens is 1. The Morgan fingerprint density at radius 1 is 1.47 bits per heavy atom. The van der Waals surface area contributed by atoms with Crippen LogP contribution < -0.4 is 0 Å². The summed E-state index contributed by atoms with van der Waals surface area (Å²) in [6.07, 6.45) is 5.03. The summed E-state index contributed by atoms with van der Waals surface area (Å²) in [6.45, 7) is 1.82. The van der Waals surface area contributed by atoms with E-state index in [1.165, 1.54) is 0 Å². The van der Waals surface area contributed by atoms with E-state index in [-0.39, 0.29) is 0 Å². The minimum atomic E-state index is 0.440. The van der Waals surface area contributed by atoms with Gasteiger partial charge in [0, 0.05) is 13.3 Å². The Hall–Kier alpha value is -1.90. The van der Waals surface area contributed by atoms with Gasteiger partial charge in [0.1, 0.15) is 11.8 Å². The van der Waals surface area contributed by atoms with Gasteiger partial charge in [-0.2, -0.15) is 0 Å². The summed E-state index contributed by atoms with van der Waals surface area (Å²) in [7, 11) is 0. The summed E-state index contributed by atoms with van der Waals surface area (Å²) in [4.78, 5) is 14.4. The molecule has 0 saturated carbocycles. The molecule has 76 valence electrons. The SMILES string of the molecule is Cc1nc2cc(C=CCC=O)ccc2o1. The third kappa shape index (κ3) is 2.13. The summed E-state index contributed by atoms with van der Waals surface area (Å²) in [6, 6.07) is 5.76. The lowest BCUT2D eigenvalue weighted by molar-refractivity contribution is -0.107. The van der Waals surface area contributed by atoms with Crippen LogP contribution in [0.2, 0.25) is 0 Å². The van der Waals surface area contributed by atoms with Gasteiger partial charge < -0.3 is 9.21 Å². The average molecular weight is 201 g/mol. The van der Waals surface area contributed by atoms with E-state index in [0.717, 1.165) is 22.9 Å². The second kappa shape index (κ2) is 4.09. The molecular weight excluding hydrogens is 190 g/mol. The van der Waals surface area contributed by atoms with Crippen LogP contribution in [0.15, 0.2) is 28.7 Å². The van der Waals surface area contributed by atoms with E-state index in [9.17, 15) is 4.79 Å². The first-order chi connectivity index (χ1) is 7.29. The molecule has 2 rings (SSSR count). The Bertz CT molecular complexity index is 511. The Labute approximate surface area is 87.4 Å². The van der Waals surface area contributed by atoms with E-state index >= 15 is 0 Å². The molecule has 0 aliphatic heterocycles. The summed E-state index contributed by atoms with van der Waals surface area (Å²) in [5, 5.41) is 0. The van der Waals surface area contributed by atoms with Crippen molar-refractivity contribution >= 4 is 23.5 Å². The van der Waals surface area contributed by atoms with Crippen LogP contribution in [0.25, 0.3) is 17.2 Å². The maximum Gasteiger partial charge on any atom is 0.192 e. The van der Waals surface area contributed by atoms with Crippen molar-refractivity contribution in [1.29, 1.82) is 0 Å². The predicted octanol–water partition coefficient (Wildman–Crippen LogP) is 2.74. The molecule has 0 N–H and O–H groups in total. The highest BCUT2D eigenvalue weighted by atomic mass is 16.3. The highest BCUT2D eigenvalue weighted by Gasteiger charge is 2.00. The Balaban J connectivity index is 2.33. The molecule has 0 radical (unpaired) electrons. The molecule has 0 aliphatic carbocycles. The molecule has 0 aliphatic rings. The lowest BCUT2D eigenvalue weighted by Crippen LogP contribution is -1.74. The van der Waals surface area contributed by atoms with Crippen molar-refractivity contribution in [3.63, 3.8) is 0 Å². The van der Waals surface area contributed by atoms with E-state index in [1.807, 2.05) is 37.3 Å². The maximum absolute atomic E-state index is 10.1. The number of fused-ring (bicyclic) bond motifs is 1. The fourth-order valence-corrected chi connectivity index (χ4v) is 1.42. The fraction of sp³-hybridized carbons (Fsp3) is 0.167. The minimum Gasteiger partial charge on any atom is -0.441 e. The molecule has 3 nitrogen and oxygen atoms in total. The zero-order valence-electron chi connectivity index (χ0n) is 8.43. The second-order valence-electron chi connectivity index (χ2n) is 3.26. The summed E-state index contributed by atoms with van der Waals surface area (Å²) in [5.41, 5.74) is 2.67. The fourth-order valence-electron chi connectivity index (χ4n) is 1.42. The molecule has 1 aromatic heterocycles. The van der Waals surface area contributed by atoms with Gasteiger partial charge >= 0.3 is 0 Å². The van der Waals surface area contributed by atoms with Gasteiger partial charge in [-0.25, -0.2) is 4.98 Å². The number of hydrogen-bond acceptors (Lipinski definition) is 3. The number of oxazole rings is 1. The van der Waals surface area contributed by atoms with Crippen molar-refractivity contribution in [2.75, 3.05) is 0 Å². The molecule has 0 spiro atoms. The van der Waals surface area contributed by atoms with E-state index in [1.54, 1.807) is 0 Å². The van der Waals surface area contributed by atoms with Gasteiger partial charge in [-0.3, -0.25) is 0 Å². The molecule has 0 unspecified atom stereocenters. The lowest BCUT2D eigenvalue weighted by Gasteiger charge is -1.91. The van der Waals surface area contributed by atoms with Crippen LogP contribution in [0, 0.1) is 6.92 Å². The van der Waals surface area contributed by atoms with Crippen LogP contribution in [0.3, 0.4) is 0 Å². The van der Waals surface area contributed by atoms with Gasteiger partial charge in [-0.15, -0.1) is 0 Å². The van der Waals surface area contributed by atoms with E-state index in [2.05, 4.69) is 4.98 Å². The molecule has 1 heterocycles. The van der Waals surface area contributed by atoms with Gasteiger partial charge in [0.05, 0.1) is 0 Å². The number of benzene rings is 1. The number of aryl methyl sites for hydroxylation is 1. The first kappa shape index (κ1) is 9.65. The molecular formula is C12H11NO2. The molecule has 0 saturated heterocycles. The second-order valence-corrected chi connectivity index (χ2v) is 3.26. The van der Waals surface area contributed by atoms with Crippen molar-refractivity contribution in [2.45, 2.75) is 13.3 Å². The third-order valence-electron chi connectivity index (χ3n) is 2.06. The molecule has 2 aromatic rings. The van der Waals surface area contributed by atoms with Crippen LogP contribution in [0.4, 0.5) is 0 Å². The third-order valence-corrected chi connectivity index (χ3v) is 2.06. The summed E-state index contributed by atoms with van der Waals surface area (Å²) >= 11 is 0. The van der Waals surface area contributed by atoms with Crippen molar-refractivity contribution in [2.24, 2.45) is 0 Å². The summed E-state index contributed by atoms with van der Waals surface area (Å²) < 4.78 is 5.36. The van der Waals surface area contributed by atoms with Crippen LogP contribution in [0.1, 0.15) is 17.9 Å². The van der Waals surface area contributed by atoms with Gasteiger partial charge in [0.25, 0.3) is 0 Å². The quantitative estimate of drug-likeness (QED) is 0.717. The van der Waals surface area contributed by atoms with Gasteiger partial charge in [0.15, 0.2) is 11.5 Å². The van der Waals surface area contributed by atoms with Gasteiger partial charge in [0.2, 0.25) is 0 Å². The standard InChI is InChI=1S/C12H11NO2/c1-9-13-11-8-10(4-2-3-7-14)5-6-12(11)15-9/h2,4-8H,3H2,1H3. The maximum atomic E-state index is 10.1. The Morgan fingerprint density at radius 2 is 2.33 bits per heavy atom. The Morgan fingerprint density at radius 3 is 3.13 bits per heavy atom. The van der Waals surface area contributed by atoms with Crippen molar-refractivity contribution in [3.05, 3.63) is 35.7 Å². The Kier molecular flexibility index (Phi) is 2.63. The number of rotatable bonds is 3. The topological polar surface area (TPSA) is 43.1 Å². The average Bonchev–Trinajstić information content (AvgIpc) is 2.57. The first-order valence-electron chi connectivity index (χ1n) is 4.77. The molecule has 0 bridgehead atoms. The molecule has 15 heavy (non-hydrogen) atoms. The number of carbonyl (C=O) groups excluding carboxylic acids is 1. The number of hydrogen-bond donors (Lipinski definition) is 0. The van der Waals surface area contributed by atoms with Crippen LogP contribution >= 0.6 is 0 Å². The highest BCUT2D eigenvalue weighted by Crippen LogP contribution is 2.17. The van der Waals surface area contributed by atoms with Crippen molar-refractivity contribution < 1.29 is 9.21 Å². The van der Waals surface area contributed by atoms with Crippen LogP contribution in [-0.4, -0.2) is 11.3 Å². The molecule has 0 amide bonds. The lowest BCUT2D eigenvalue weighted by atomic mass is 10.2. The molecule has 3 heteroatoms.